The van der Waals surface area contributed by atoms with E-state index in [1.54, 1.807) is 12.0 Å². The Bertz CT molecular complexity index is 267. The zero-order valence-electron chi connectivity index (χ0n) is 11.0. The van der Waals surface area contributed by atoms with Gasteiger partial charge in [-0.1, -0.05) is 12.1 Å². The van der Waals surface area contributed by atoms with E-state index in [1.807, 2.05) is 20.8 Å². The molecule has 0 fully saturated rings. The Labute approximate surface area is 102 Å². The fourth-order valence-corrected chi connectivity index (χ4v) is 1.59. The number of amides is 1. The highest BCUT2D eigenvalue weighted by atomic mass is 16.5. The minimum atomic E-state index is -0.570. The molecule has 0 spiro atoms. The normalized spacial score (nSPS) is 13.8. The van der Waals surface area contributed by atoms with E-state index in [9.17, 15) is 4.79 Å². The highest BCUT2D eigenvalue weighted by Crippen LogP contribution is 2.11. The Hall–Kier alpha value is -1.30. The summed E-state index contributed by atoms with van der Waals surface area (Å²) in [6, 6.07) is 0.0539. The van der Waals surface area contributed by atoms with Crippen LogP contribution in [0.5, 0.6) is 0 Å². The molecule has 1 unspecified atom stereocenters. The van der Waals surface area contributed by atoms with Crippen LogP contribution in [0.2, 0.25) is 0 Å². The molecule has 0 aromatic carbocycles. The van der Waals surface area contributed by atoms with Gasteiger partial charge in [0, 0.05) is 19.7 Å². The minimum Gasteiger partial charge on any atom is -0.409 e. The third-order valence-corrected chi connectivity index (χ3v) is 2.62. The number of methoxy groups -OCH3 is 1. The largest absolute Gasteiger partial charge is 0.409 e. The molecule has 0 aliphatic carbocycles. The molecule has 0 heterocycles. The standard InChI is InChI=1S/C11H23N3O3/c1-5-9(10(12)13-16)11(15)14(8(2)3)6-7-17-4/h8-9,16H,5-7H2,1-4H3,(H2,12,13). The van der Waals surface area contributed by atoms with Gasteiger partial charge in [-0.15, -0.1) is 0 Å². The van der Waals surface area contributed by atoms with Crippen molar-refractivity contribution in [3.8, 4) is 0 Å². The molecule has 0 bridgehead atoms. The second kappa shape index (κ2) is 7.89. The molecule has 0 aromatic rings. The van der Waals surface area contributed by atoms with Crippen LogP contribution in [-0.4, -0.2) is 48.2 Å². The number of hydrogen-bond acceptors (Lipinski definition) is 4. The summed E-state index contributed by atoms with van der Waals surface area (Å²) in [5.74, 6) is -0.741. The summed E-state index contributed by atoms with van der Waals surface area (Å²) in [5, 5.41) is 11.6. The van der Waals surface area contributed by atoms with Gasteiger partial charge in [-0.05, 0) is 20.3 Å². The van der Waals surface area contributed by atoms with Gasteiger partial charge in [0.25, 0.3) is 0 Å². The van der Waals surface area contributed by atoms with Crippen molar-refractivity contribution >= 4 is 11.7 Å². The summed E-state index contributed by atoms with van der Waals surface area (Å²) in [7, 11) is 1.59. The predicted octanol–water partition coefficient (Wildman–Crippen LogP) is 0.642. The van der Waals surface area contributed by atoms with Crippen LogP contribution in [0.15, 0.2) is 5.16 Å². The van der Waals surface area contributed by atoms with Gasteiger partial charge in [0.2, 0.25) is 5.91 Å². The van der Waals surface area contributed by atoms with Crippen molar-refractivity contribution < 1.29 is 14.7 Å². The maximum absolute atomic E-state index is 12.2. The molecule has 0 rings (SSSR count). The Morgan fingerprint density at radius 1 is 1.53 bits per heavy atom. The zero-order chi connectivity index (χ0) is 13.4. The van der Waals surface area contributed by atoms with Crippen molar-refractivity contribution in [2.75, 3.05) is 20.3 Å². The van der Waals surface area contributed by atoms with E-state index in [0.29, 0.717) is 19.6 Å². The second-order valence-electron chi connectivity index (χ2n) is 4.10. The first kappa shape index (κ1) is 15.7. The van der Waals surface area contributed by atoms with E-state index in [0.717, 1.165) is 0 Å². The Kier molecular flexibility index (Phi) is 7.29. The smallest absolute Gasteiger partial charge is 0.233 e. The number of oxime groups is 1. The first-order valence-corrected chi connectivity index (χ1v) is 5.76. The van der Waals surface area contributed by atoms with Gasteiger partial charge in [-0.2, -0.15) is 0 Å². The van der Waals surface area contributed by atoms with Crippen LogP contribution in [0.4, 0.5) is 0 Å². The number of carbonyl (C=O) groups is 1. The second-order valence-corrected chi connectivity index (χ2v) is 4.10. The maximum atomic E-state index is 12.2. The van der Waals surface area contributed by atoms with Crippen LogP contribution in [-0.2, 0) is 9.53 Å². The van der Waals surface area contributed by atoms with E-state index in [4.69, 9.17) is 15.7 Å². The molecular weight excluding hydrogens is 222 g/mol. The van der Waals surface area contributed by atoms with Gasteiger partial charge in [0.05, 0.1) is 12.5 Å². The molecular formula is C11H23N3O3. The number of nitrogens with zero attached hydrogens (tertiary/aromatic N) is 2. The highest BCUT2D eigenvalue weighted by molar-refractivity contribution is 6.02. The molecule has 100 valence electrons. The molecule has 6 nitrogen and oxygen atoms in total. The minimum absolute atomic E-state index is 0.0411. The van der Waals surface area contributed by atoms with Gasteiger partial charge in [-0.25, -0.2) is 0 Å². The van der Waals surface area contributed by atoms with E-state index >= 15 is 0 Å². The lowest BCUT2D eigenvalue weighted by Gasteiger charge is -2.29. The van der Waals surface area contributed by atoms with Crippen LogP contribution in [0.25, 0.3) is 0 Å². The number of carbonyl (C=O) groups excluding carboxylic acids is 1. The lowest BCUT2D eigenvalue weighted by atomic mass is 10.0. The van der Waals surface area contributed by atoms with E-state index in [1.165, 1.54) is 0 Å². The number of hydrogen-bond donors (Lipinski definition) is 2. The lowest BCUT2D eigenvalue weighted by molar-refractivity contribution is -0.135. The molecule has 0 aliphatic heterocycles. The average molecular weight is 245 g/mol. The zero-order valence-corrected chi connectivity index (χ0v) is 11.0. The van der Waals surface area contributed by atoms with Gasteiger partial charge >= 0.3 is 0 Å². The molecule has 6 heteroatoms. The van der Waals surface area contributed by atoms with E-state index in [-0.39, 0.29) is 17.8 Å². The molecule has 0 aromatic heterocycles. The number of ether oxygens (including phenoxy) is 1. The van der Waals surface area contributed by atoms with Crippen molar-refractivity contribution in [3.05, 3.63) is 0 Å². The average Bonchev–Trinajstić information content (AvgIpc) is 2.29. The molecule has 1 amide bonds. The van der Waals surface area contributed by atoms with Crippen molar-refractivity contribution in [1.82, 2.24) is 4.90 Å². The Morgan fingerprint density at radius 2 is 2.12 bits per heavy atom. The maximum Gasteiger partial charge on any atom is 0.233 e. The third-order valence-electron chi connectivity index (χ3n) is 2.62. The predicted molar refractivity (Wildman–Crippen MR) is 65.9 cm³/mol. The van der Waals surface area contributed by atoms with Crippen molar-refractivity contribution in [2.45, 2.75) is 33.2 Å². The molecule has 3 N–H and O–H groups in total. The molecule has 17 heavy (non-hydrogen) atoms. The van der Waals surface area contributed by atoms with Crippen LogP contribution in [0.3, 0.4) is 0 Å². The first-order valence-electron chi connectivity index (χ1n) is 5.76. The summed E-state index contributed by atoms with van der Waals surface area (Å²) in [5.41, 5.74) is 5.52. The van der Waals surface area contributed by atoms with Crippen molar-refractivity contribution in [1.29, 1.82) is 0 Å². The highest BCUT2D eigenvalue weighted by Gasteiger charge is 2.27. The summed E-state index contributed by atoms with van der Waals surface area (Å²) in [6.45, 7) is 6.65. The summed E-state index contributed by atoms with van der Waals surface area (Å²) >= 11 is 0. The van der Waals surface area contributed by atoms with E-state index < -0.39 is 5.92 Å². The van der Waals surface area contributed by atoms with Gasteiger partial charge in [0.1, 0.15) is 0 Å². The summed E-state index contributed by atoms with van der Waals surface area (Å²) in [4.78, 5) is 13.9. The molecule has 0 radical (unpaired) electrons. The fraction of sp³-hybridized carbons (Fsp3) is 0.818. The number of nitrogens with two attached hydrogens (primary N) is 1. The summed E-state index contributed by atoms with van der Waals surface area (Å²) < 4.78 is 4.97. The molecule has 0 aliphatic rings. The van der Waals surface area contributed by atoms with Crippen molar-refractivity contribution in [2.24, 2.45) is 16.8 Å². The first-order chi connectivity index (χ1) is 7.99. The van der Waals surface area contributed by atoms with Crippen LogP contribution in [0.1, 0.15) is 27.2 Å². The van der Waals surface area contributed by atoms with Crippen molar-refractivity contribution in [3.63, 3.8) is 0 Å². The molecule has 0 saturated heterocycles. The van der Waals surface area contributed by atoms with Crippen LogP contribution in [0, 0.1) is 5.92 Å². The Morgan fingerprint density at radius 3 is 2.47 bits per heavy atom. The van der Waals surface area contributed by atoms with Gasteiger partial charge in [0.15, 0.2) is 5.84 Å². The summed E-state index contributed by atoms with van der Waals surface area (Å²) in [6.07, 6.45) is 0.505. The number of rotatable bonds is 7. The molecule has 1 atom stereocenters. The quantitative estimate of drug-likeness (QED) is 0.298. The molecule has 0 saturated carbocycles. The van der Waals surface area contributed by atoms with Crippen LogP contribution < -0.4 is 5.73 Å². The Balaban J connectivity index is 4.79. The third kappa shape index (κ3) is 4.60. The number of amidine groups is 1. The van der Waals surface area contributed by atoms with E-state index in [2.05, 4.69) is 5.16 Å². The monoisotopic (exact) mass is 245 g/mol. The SMILES string of the molecule is CCC(C(=O)N(CCOC)C(C)C)C(N)=NO. The van der Waals surface area contributed by atoms with Gasteiger partial charge in [-0.3, -0.25) is 4.79 Å². The van der Waals surface area contributed by atoms with Crippen LogP contribution >= 0.6 is 0 Å². The fourth-order valence-electron chi connectivity index (χ4n) is 1.59. The lowest BCUT2D eigenvalue weighted by Crippen LogP contribution is -2.46. The topological polar surface area (TPSA) is 88.2 Å². The van der Waals surface area contributed by atoms with Gasteiger partial charge < -0.3 is 20.6 Å².